The van der Waals surface area contributed by atoms with Crippen LogP contribution in [0.1, 0.15) is 24.8 Å². The highest BCUT2D eigenvalue weighted by molar-refractivity contribution is 5.79. The van der Waals surface area contributed by atoms with Gasteiger partial charge in [-0.1, -0.05) is 30.3 Å². The Morgan fingerprint density at radius 1 is 1.31 bits per heavy atom. The normalized spacial score (nSPS) is 16.8. The van der Waals surface area contributed by atoms with Gasteiger partial charge < -0.3 is 10.5 Å². The molecule has 0 aromatic heterocycles. The number of rotatable bonds is 5. The van der Waals surface area contributed by atoms with Crippen LogP contribution in [0.3, 0.4) is 0 Å². The maximum absolute atomic E-state index is 11.8. The number of hydrogen-bond donors (Lipinski definition) is 1. The van der Waals surface area contributed by atoms with Crippen molar-refractivity contribution in [2.24, 2.45) is 11.1 Å². The Kier molecular flexibility index (Phi) is 3.25. The second-order valence-electron chi connectivity index (χ2n) is 4.38. The zero-order valence-corrected chi connectivity index (χ0v) is 9.32. The molecule has 1 aliphatic rings. The summed E-state index contributed by atoms with van der Waals surface area (Å²) < 4.78 is 5.31. The summed E-state index contributed by atoms with van der Waals surface area (Å²) in [7, 11) is 0. The van der Waals surface area contributed by atoms with Gasteiger partial charge in [0, 0.05) is 0 Å². The molecule has 0 radical (unpaired) electrons. The van der Waals surface area contributed by atoms with Gasteiger partial charge in [0.05, 0.1) is 5.41 Å². The highest BCUT2D eigenvalue weighted by Crippen LogP contribution is 2.49. The van der Waals surface area contributed by atoms with Crippen LogP contribution in [0.5, 0.6) is 0 Å². The molecule has 2 N–H and O–H groups in total. The fraction of sp³-hybridized carbons (Fsp3) is 0.462. The van der Waals surface area contributed by atoms with Crippen molar-refractivity contribution in [2.45, 2.75) is 25.9 Å². The molecule has 0 aliphatic heterocycles. The van der Waals surface area contributed by atoms with Crippen molar-refractivity contribution in [3.8, 4) is 0 Å². The first-order valence-electron chi connectivity index (χ1n) is 5.68. The zero-order chi connectivity index (χ0) is 11.4. The van der Waals surface area contributed by atoms with Crippen LogP contribution in [-0.4, -0.2) is 12.5 Å². The lowest BCUT2D eigenvalue weighted by atomic mass is 10.0. The third kappa shape index (κ3) is 2.42. The van der Waals surface area contributed by atoms with E-state index < -0.39 is 0 Å². The van der Waals surface area contributed by atoms with Gasteiger partial charge in [0.2, 0.25) is 0 Å². The fourth-order valence-corrected chi connectivity index (χ4v) is 1.86. The molecule has 0 bridgehead atoms. The molecule has 0 unspecified atom stereocenters. The van der Waals surface area contributed by atoms with Gasteiger partial charge >= 0.3 is 5.97 Å². The summed E-state index contributed by atoms with van der Waals surface area (Å²) in [6.45, 7) is 0.923. The van der Waals surface area contributed by atoms with Crippen LogP contribution in [0.2, 0.25) is 0 Å². The SMILES string of the molecule is NCCC1(C(=O)OCc2ccccc2)CC1. The first kappa shape index (κ1) is 11.1. The molecule has 0 amide bonds. The third-order valence-electron chi connectivity index (χ3n) is 3.12. The summed E-state index contributed by atoms with van der Waals surface area (Å²) in [5.74, 6) is -0.0817. The number of carbonyl (C=O) groups excluding carboxylic acids is 1. The van der Waals surface area contributed by atoms with Gasteiger partial charge in [-0.2, -0.15) is 0 Å². The van der Waals surface area contributed by atoms with Gasteiger partial charge in [0.15, 0.2) is 0 Å². The van der Waals surface area contributed by atoms with Crippen molar-refractivity contribution >= 4 is 5.97 Å². The van der Waals surface area contributed by atoms with Crippen LogP contribution in [0.4, 0.5) is 0 Å². The molecule has 3 heteroatoms. The summed E-state index contributed by atoms with van der Waals surface area (Å²) >= 11 is 0. The molecule has 1 aromatic carbocycles. The molecule has 16 heavy (non-hydrogen) atoms. The molecule has 1 saturated carbocycles. The van der Waals surface area contributed by atoms with E-state index in [9.17, 15) is 4.79 Å². The monoisotopic (exact) mass is 219 g/mol. The molecule has 0 heterocycles. The maximum atomic E-state index is 11.8. The van der Waals surface area contributed by atoms with Crippen LogP contribution < -0.4 is 5.73 Å². The highest BCUT2D eigenvalue weighted by Gasteiger charge is 2.50. The van der Waals surface area contributed by atoms with Gasteiger partial charge in [-0.25, -0.2) is 0 Å². The van der Waals surface area contributed by atoms with Crippen molar-refractivity contribution in [3.05, 3.63) is 35.9 Å². The molecule has 0 atom stereocenters. The molecule has 86 valence electrons. The standard InChI is InChI=1S/C13H17NO2/c14-9-8-13(6-7-13)12(15)16-10-11-4-2-1-3-5-11/h1-5H,6-10,14H2. The summed E-state index contributed by atoms with van der Waals surface area (Å²) in [5.41, 5.74) is 6.27. The van der Waals surface area contributed by atoms with E-state index in [-0.39, 0.29) is 11.4 Å². The Hall–Kier alpha value is -1.35. The van der Waals surface area contributed by atoms with E-state index in [0.29, 0.717) is 13.2 Å². The zero-order valence-electron chi connectivity index (χ0n) is 9.32. The Balaban J connectivity index is 1.85. The number of ether oxygens (including phenoxy) is 1. The molecule has 1 aliphatic carbocycles. The van der Waals surface area contributed by atoms with E-state index >= 15 is 0 Å². The van der Waals surface area contributed by atoms with Crippen molar-refractivity contribution in [2.75, 3.05) is 6.54 Å². The van der Waals surface area contributed by atoms with E-state index in [4.69, 9.17) is 10.5 Å². The average Bonchev–Trinajstić information content (AvgIpc) is 3.09. The smallest absolute Gasteiger partial charge is 0.312 e. The lowest BCUT2D eigenvalue weighted by molar-refractivity contribution is -0.151. The molecule has 0 spiro atoms. The van der Waals surface area contributed by atoms with Crippen molar-refractivity contribution in [1.82, 2.24) is 0 Å². The number of nitrogens with two attached hydrogens (primary N) is 1. The van der Waals surface area contributed by atoms with Crippen molar-refractivity contribution < 1.29 is 9.53 Å². The van der Waals surface area contributed by atoms with E-state index in [0.717, 1.165) is 24.8 Å². The topological polar surface area (TPSA) is 52.3 Å². The van der Waals surface area contributed by atoms with Crippen molar-refractivity contribution in [3.63, 3.8) is 0 Å². The van der Waals surface area contributed by atoms with Crippen LogP contribution in [0.25, 0.3) is 0 Å². The minimum Gasteiger partial charge on any atom is -0.460 e. The van der Waals surface area contributed by atoms with Gasteiger partial charge in [0.25, 0.3) is 0 Å². The van der Waals surface area contributed by atoms with Gasteiger partial charge in [0.1, 0.15) is 6.61 Å². The Bertz CT molecular complexity index is 357. The fourth-order valence-electron chi connectivity index (χ4n) is 1.86. The van der Waals surface area contributed by atoms with Crippen LogP contribution in [-0.2, 0) is 16.1 Å². The lowest BCUT2D eigenvalue weighted by Crippen LogP contribution is -2.22. The van der Waals surface area contributed by atoms with Gasteiger partial charge in [-0.3, -0.25) is 4.79 Å². The first-order chi connectivity index (χ1) is 7.77. The van der Waals surface area contributed by atoms with E-state index in [1.165, 1.54) is 0 Å². The predicted octanol–water partition coefficient (Wildman–Crippen LogP) is 1.86. The summed E-state index contributed by atoms with van der Waals surface area (Å²) in [5, 5.41) is 0. The molecule has 3 nitrogen and oxygen atoms in total. The highest BCUT2D eigenvalue weighted by atomic mass is 16.5. The van der Waals surface area contributed by atoms with Crippen molar-refractivity contribution in [1.29, 1.82) is 0 Å². The Morgan fingerprint density at radius 2 is 2.00 bits per heavy atom. The van der Waals surface area contributed by atoms with E-state index in [1.807, 2.05) is 30.3 Å². The summed E-state index contributed by atoms with van der Waals surface area (Å²) in [6.07, 6.45) is 2.61. The molecular weight excluding hydrogens is 202 g/mol. The van der Waals surface area contributed by atoms with E-state index in [2.05, 4.69) is 0 Å². The molecule has 1 aromatic rings. The Labute approximate surface area is 95.6 Å². The number of carbonyl (C=O) groups is 1. The lowest BCUT2D eigenvalue weighted by Gasteiger charge is -2.13. The molecular formula is C13H17NO2. The third-order valence-corrected chi connectivity index (χ3v) is 3.12. The minimum atomic E-state index is -0.246. The summed E-state index contributed by atoms with van der Waals surface area (Å²) in [4.78, 5) is 11.8. The quantitative estimate of drug-likeness (QED) is 0.769. The van der Waals surface area contributed by atoms with E-state index in [1.54, 1.807) is 0 Å². The minimum absolute atomic E-state index is 0.0817. The first-order valence-corrected chi connectivity index (χ1v) is 5.68. The predicted molar refractivity (Wildman–Crippen MR) is 61.6 cm³/mol. The van der Waals surface area contributed by atoms with Crippen LogP contribution in [0, 0.1) is 5.41 Å². The van der Waals surface area contributed by atoms with Gasteiger partial charge in [-0.05, 0) is 31.4 Å². The Morgan fingerprint density at radius 3 is 2.56 bits per heavy atom. The second kappa shape index (κ2) is 4.66. The molecule has 2 rings (SSSR count). The van der Waals surface area contributed by atoms with Crippen LogP contribution in [0.15, 0.2) is 30.3 Å². The maximum Gasteiger partial charge on any atom is 0.312 e. The van der Waals surface area contributed by atoms with Gasteiger partial charge in [-0.15, -0.1) is 0 Å². The average molecular weight is 219 g/mol. The molecule has 0 saturated heterocycles. The second-order valence-corrected chi connectivity index (χ2v) is 4.38. The number of esters is 1. The van der Waals surface area contributed by atoms with Crippen LogP contribution >= 0.6 is 0 Å². The largest absolute Gasteiger partial charge is 0.460 e. The molecule has 1 fully saturated rings. The number of benzene rings is 1. The number of hydrogen-bond acceptors (Lipinski definition) is 3. The summed E-state index contributed by atoms with van der Waals surface area (Å²) in [6, 6.07) is 9.74.